The van der Waals surface area contributed by atoms with Crippen molar-refractivity contribution in [2.45, 2.75) is 25.5 Å². The Kier molecular flexibility index (Phi) is 3.82. The minimum absolute atomic E-state index is 0.234. The van der Waals surface area contributed by atoms with Gasteiger partial charge in [-0.15, -0.1) is 0 Å². The number of rotatable bonds is 2. The van der Waals surface area contributed by atoms with Crippen LogP contribution in [0.5, 0.6) is 0 Å². The highest BCUT2D eigenvalue weighted by molar-refractivity contribution is 8.14. The maximum atomic E-state index is 11.5. The highest BCUT2D eigenvalue weighted by Gasteiger charge is 2.13. The highest BCUT2D eigenvalue weighted by atomic mass is 32.2. The van der Waals surface area contributed by atoms with Crippen molar-refractivity contribution in [1.82, 2.24) is 5.32 Å². The molecule has 1 N–H and O–H groups in total. The highest BCUT2D eigenvalue weighted by Crippen LogP contribution is 2.17. The Labute approximate surface area is 77.8 Å². The van der Waals surface area contributed by atoms with Gasteiger partial charge in [-0.25, -0.2) is 0 Å². The molecular weight excluding hydrogens is 170 g/mol. The summed E-state index contributed by atoms with van der Waals surface area (Å²) in [7, 11) is 0. The van der Waals surface area contributed by atoms with Crippen molar-refractivity contribution in [2.75, 3.05) is 13.1 Å². The van der Waals surface area contributed by atoms with Gasteiger partial charge in [0, 0.05) is 17.4 Å². The van der Waals surface area contributed by atoms with E-state index in [1.54, 1.807) is 0 Å². The van der Waals surface area contributed by atoms with Gasteiger partial charge in [-0.3, -0.25) is 4.79 Å². The Morgan fingerprint density at radius 3 is 2.92 bits per heavy atom. The fraction of sp³-hybridized carbons (Fsp3) is 0.667. The second-order valence-corrected chi connectivity index (χ2v) is 4.70. The minimum atomic E-state index is 0.234. The van der Waals surface area contributed by atoms with Crippen molar-refractivity contribution < 1.29 is 4.79 Å². The summed E-state index contributed by atoms with van der Waals surface area (Å²) in [5, 5.41) is 3.81. The van der Waals surface area contributed by atoms with E-state index in [0.29, 0.717) is 5.25 Å². The molecule has 0 amide bonds. The van der Waals surface area contributed by atoms with E-state index in [9.17, 15) is 4.79 Å². The van der Waals surface area contributed by atoms with E-state index >= 15 is 0 Å². The smallest absolute Gasteiger partial charge is 0.216 e. The number of hydrogen-bond donors (Lipinski definition) is 1. The van der Waals surface area contributed by atoms with E-state index in [-0.39, 0.29) is 5.12 Å². The summed E-state index contributed by atoms with van der Waals surface area (Å²) in [6, 6.07) is 0. The Morgan fingerprint density at radius 2 is 2.42 bits per heavy atom. The largest absolute Gasteiger partial charge is 0.312 e. The van der Waals surface area contributed by atoms with Crippen LogP contribution in [-0.4, -0.2) is 23.5 Å². The van der Waals surface area contributed by atoms with Gasteiger partial charge >= 0.3 is 0 Å². The topological polar surface area (TPSA) is 29.1 Å². The van der Waals surface area contributed by atoms with Gasteiger partial charge in [0.25, 0.3) is 0 Å². The molecule has 0 bridgehead atoms. The molecule has 0 atom stereocenters. The molecule has 1 aliphatic heterocycles. The molecule has 0 aromatic carbocycles. The van der Waals surface area contributed by atoms with E-state index in [4.69, 9.17) is 0 Å². The summed E-state index contributed by atoms with van der Waals surface area (Å²) in [6.07, 6.45) is 3.04. The summed E-state index contributed by atoms with van der Waals surface area (Å²) in [6.45, 7) is 5.83. The maximum absolute atomic E-state index is 11.5. The van der Waals surface area contributed by atoms with Crippen molar-refractivity contribution in [3.63, 3.8) is 0 Å². The van der Waals surface area contributed by atoms with Crippen LogP contribution in [0.1, 0.15) is 20.3 Å². The molecular formula is C9H15NOS. The van der Waals surface area contributed by atoms with Crippen LogP contribution in [0.4, 0.5) is 0 Å². The molecule has 68 valence electrons. The van der Waals surface area contributed by atoms with Crippen LogP contribution in [0.15, 0.2) is 11.6 Å². The predicted molar refractivity (Wildman–Crippen MR) is 53.3 cm³/mol. The van der Waals surface area contributed by atoms with Crippen LogP contribution >= 0.6 is 11.8 Å². The summed E-state index contributed by atoms with van der Waals surface area (Å²) >= 11 is 1.41. The zero-order valence-electron chi connectivity index (χ0n) is 7.59. The van der Waals surface area contributed by atoms with Crippen LogP contribution < -0.4 is 5.32 Å². The molecule has 1 heterocycles. The molecule has 0 aromatic heterocycles. The van der Waals surface area contributed by atoms with Crippen LogP contribution in [0.25, 0.3) is 0 Å². The first kappa shape index (κ1) is 9.81. The third-order valence-corrected chi connectivity index (χ3v) is 2.58. The number of nitrogens with one attached hydrogen (secondary N) is 1. The molecule has 0 saturated heterocycles. The Bertz CT molecular complexity index is 199. The average Bonchev–Trinajstić information content (AvgIpc) is 2.05. The fourth-order valence-corrected chi connectivity index (χ4v) is 1.82. The maximum Gasteiger partial charge on any atom is 0.216 e. The lowest BCUT2D eigenvalue weighted by molar-refractivity contribution is -0.108. The lowest BCUT2D eigenvalue weighted by Crippen LogP contribution is -2.25. The van der Waals surface area contributed by atoms with Crippen molar-refractivity contribution in [3.8, 4) is 0 Å². The van der Waals surface area contributed by atoms with Crippen molar-refractivity contribution in [2.24, 2.45) is 0 Å². The van der Waals surface area contributed by atoms with E-state index in [1.807, 2.05) is 19.9 Å². The second-order valence-electron chi connectivity index (χ2n) is 3.15. The molecule has 0 saturated carbocycles. The third-order valence-electron chi connectivity index (χ3n) is 1.63. The van der Waals surface area contributed by atoms with Gasteiger partial charge in [-0.05, 0) is 13.0 Å². The third kappa shape index (κ3) is 2.99. The summed E-state index contributed by atoms with van der Waals surface area (Å²) in [5.74, 6) is 0. The van der Waals surface area contributed by atoms with Gasteiger partial charge in [0.1, 0.15) is 0 Å². The van der Waals surface area contributed by atoms with E-state index < -0.39 is 0 Å². The van der Waals surface area contributed by atoms with Gasteiger partial charge in [-0.1, -0.05) is 31.7 Å². The Hall–Kier alpha value is -0.280. The molecule has 0 spiro atoms. The van der Waals surface area contributed by atoms with Crippen LogP contribution in [0.2, 0.25) is 0 Å². The number of carbonyl (C=O) groups excluding carboxylic acids is 1. The van der Waals surface area contributed by atoms with E-state index in [2.05, 4.69) is 5.32 Å². The molecule has 0 fully saturated rings. The molecule has 0 unspecified atom stereocenters. The monoisotopic (exact) mass is 185 g/mol. The van der Waals surface area contributed by atoms with Gasteiger partial charge in [0.05, 0.1) is 0 Å². The number of thioether (sulfide) groups is 1. The lowest BCUT2D eigenvalue weighted by atomic mass is 10.2. The summed E-state index contributed by atoms with van der Waals surface area (Å²) in [4.78, 5) is 11.5. The van der Waals surface area contributed by atoms with Gasteiger partial charge in [0.2, 0.25) is 5.12 Å². The zero-order valence-corrected chi connectivity index (χ0v) is 8.41. The first-order valence-corrected chi connectivity index (χ1v) is 5.19. The van der Waals surface area contributed by atoms with Gasteiger partial charge in [0.15, 0.2) is 0 Å². The molecule has 0 radical (unpaired) electrons. The number of carbonyl (C=O) groups is 1. The molecule has 0 aromatic rings. The van der Waals surface area contributed by atoms with Gasteiger partial charge < -0.3 is 5.32 Å². The first-order valence-electron chi connectivity index (χ1n) is 4.31. The van der Waals surface area contributed by atoms with Crippen molar-refractivity contribution >= 4 is 16.9 Å². The predicted octanol–water partition coefficient (Wildman–Crippen LogP) is 1.57. The Morgan fingerprint density at radius 1 is 1.67 bits per heavy atom. The molecule has 1 aliphatic rings. The van der Waals surface area contributed by atoms with Crippen LogP contribution in [0, 0.1) is 0 Å². The molecule has 3 heteroatoms. The molecule has 0 aliphatic carbocycles. The zero-order chi connectivity index (χ0) is 8.97. The second kappa shape index (κ2) is 4.67. The fourth-order valence-electron chi connectivity index (χ4n) is 1.09. The Balaban J connectivity index is 2.45. The molecule has 1 rings (SSSR count). The quantitative estimate of drug-likeness (QED) is 0.708. The molecule has 12 heavy (non-hydrogen) atoms. The standard InChI is InChI=1S/C9H15NOS/c1-7(2)12-9(11)8-4-3-5-10-6-8/h4,7,10H,3,5-6H2,1-2H3. The molecule has 2 nitrogen and oxygen atoms in total. The minimum Gasteiger partial charge on any atom is -0.312 e. The first-order chi connectivity index (χ1) is 5.70. The van der Waals surface area contributed by atoms with Crippen molar-refractivity contribution in [3.05, 3.63) is 11.6 Å². The van der Waals surface area contributed by atoms with Crippen LogP contribution in [-0.2, 0) is 4.79 Å². The number of hydrogen-bond acceptors (Lipinski definition) is 3. The van der Waals surface area contributed by atoms with Crippen molar-refractivity contribution in [1.29, 1.82) is 0 Å². The van der Waals surface area contributed by atoms with Gasteiger partial charge in [-0.2, -0.15) is 0 Å². The van der Waals surface area contributed by atoms with Crippen LogP contribution in [0.3, 0.4) is 0 Å². The summed E-state index contributed by atoms with van der Waals surface area (Å²) in [5.41, 5.74) is 0.944. The average molecular weight is 185 g/mol. The normalized spacial score (nSPS) is 17.8. The van der Waals surface area contributed by atoms with E-state index in [1.165, 1.54) is 11.8 Å². The van der Waals surface area contributed by atoms with E-state index in [0.717, 1.165) is 25.1 Å². The lowest BCUT2D eigenvalue weighted by Gasteiger charge is -2.13. The SMILES string of the molecule is CC(C)SC(=O)C1=CCCNC1. The summed E-state index contributed by atoms with van der Waals surface area (Å²) < 4.78 is 0.